The average Bonchev–Trinajstić information content (AvgIpc) is 2.75. The van der Waals surface area contributed by atoms with Gasteiger partial charge in [-0.2, -0.15) is 5.10 Å². The van der Waals surface area contributed by atoms with Gasteiger partial charge in [0.05, 0.1) is 6.20 Å². The summed E-state index contributed by atoms with van der Waals surface area (Å²) in [6.07, 6.45) is 6.27. The molecule has 0 saturated heterocycles. The van der Waals surface area contributed by atoms with Crippen LogP contribution < -0.4 is 5.32 Å². The van der Waals surface area contributed by atoms with Gasteiger partial charge < -0.3 is 10.1 Å². The van der Waals surface area contributed by atoms with Gasteiger partial charge in [0.25, 0.3) is 0 Å². The summed E-state index contributed by atoms with van der Waals surface area (Å²) in [6, 6.07) is 0. The van der Waals surface area contributed by atoms with Gasteiger partial charge in [-0.3, -0.25) is 4.68 Å². The Labute approximate surface area is 111 Å². The molecule has 0 aliphatic heterocycles. The van der Waals surface area contributed by atoms with Crippen LogP contribution in [0.2, 0.25) is 0 Å². The quantitative estimate of drug-likeness (QED) is 0.734. The molecule has 0 aliphatic carbocycles. The Kier molecular flexibility index (Phi) is 6.36. The second-order valence-corrected chi connectivity index (χ2v) is 5.62. The number of methoxy groups -OCH3 is 1. The average molecular weight is 253 g/mol. The van der Waals surface area contributed by atoms with Crippen molar-refractivity contribution in [3.05, 3.63) is 18.0 Å². The molecular weight excluding hydrogens is 226 g/mol. The van der Waals surface area contributed by atoms with Gasteiger partial charge >= 0.3 is 0 Å². The Balaban J connectivity index is 2.27. The third-order valence-corrected chi connectivity index (χ3v) is 3.06. The molecule has 1 aromatic heterocycles. The van der Waals surface area contributed by atoms with Crippen LogP contribution in [0.1, 0.15) is 39.2 Å². The smallest absolute Gasteiger partial charge is 0.0534 e. The van der Waals surface area contributed by atoms with Gasteiger partial charge in [0.15, 0.2) is 0 Å². The van der Waals surface area contributed by atoms with E-state index in [4.69, 9.17) is 4.74 Å². The molecule has 0 saturated carbocycles. The first-order chi connectivity index (χ1) is 8.57. The molecule has 0 aliphatic rings. The van der Waals surface area contributed by atoms with Gasteiger partial charge in [-0.15, -0.1) is 0 Å². The van der Waals surface area contributed by atoms with Gasteiger partial charge in [-0.05, 0) is 18.3 Å². The lowest BCUT2D eigenvalue weighted by Gasteiger charge is -2.24. The molecular formula is C14H27N3O. The molecule has 4 nitrogen and oxygen atoms in total. The van der Waals surface area contributed by atoms with Gasteiger partial charge in [0.1, 0.15) is 0 Å². The second kappa shape index (κ2) is 7.54. The largest absolute Gasteiger partial charge is 0.385 e. The molecule has 104 valence electrons. The Hall–Kier alpha value is -0.870. The van der Waals surface area contributed by atoms with Crippen LogP contribution in [-0.2, 0) is 17.8 Å². The Morgan fingerprint density at radius 2 is 2.22 bits per heavy atom. The summed E-state index contributed by atoms with van der Waals surface area (Å²) in [5, 5.41) is 7.82. The molecule has 0 atom stereocenters. The molecule has 0 amide bonds. The summed E-state index contributed by atoms with van der Waals surface area (Å²) < 4.78 is 7.14. The van der Waals surface area contributed by atoms with E-state index in [0.717, 1.165) is 39.1 Å². The van der Waals surface area contributed by atoms with E-state index in [1.807, 2.05) is 10.9 Å². The maximum Gasteiger partial charge on any atom is 0.0534 e. The normalized spacial score (nSPS) is 12.0. The number of hydrogen-bond acceptors (Lipinski definition) is 3. The Morgan fingerprint density at radius 1 is 1.44 bits per heavy atom. The van der Waals surface area contributed by atoms with E-state index < -0.39 is 0 Å². The van der Waals surface area contributed by atoms with Gasteiger partial charge in [-0.1, -0.05) is 20.8 Å². The molecule has 1 heterocycles. The maximum absolute atomic E-state index is 5.13. The third-order valence-electron chi connectivity index (χ3n) is 3.06. The number of aryl methyl sites for hydroxylation is 1. The third kappa shape index (κ3) is 5.65. The summed E-state index contributed by atoms with van der Waals surface area (Å²) in [5.74, 6) is 0. The summed E-state index contributed by atoms with van der Waals surface area (Å²) in [4.78, 5) is 0. The standard InChI is InChI=1S/C14H27N3O/c1-5-7-17-11-13(10-16-17)9-15-12-14(2,3)6-8-18-4/h10-11,15H,5-9,12H2,1-4H3. The van der Waals surface area contributed by atoms with Crippen molar-refractivity contribution in [1.29, 1.82) is 0 Å². The summed E-state index contributed by atoms with van der Waals surface area (Å²) >= 11 is 0. The van der Waals surface area contributed by atoms with E-state index in [-0.39, 0.29) is 5.41 Å². The SMILES string of the molecule is CCCn1cc(CNCC(C)(C)CCOC)cn1. The van der Waals surface area contributed by atoms with E-state index in [2.05, 4.69) is 37.4 Å². The number of nitrogens with one attached hydrogen (secondary N) is 1. The lowest BCUT2D eigenvalue weighted by atomic mass is 9.90. The highest BCUT2D eigenvalue weighted by Gasteiger charge is 2.16. The first-order valence-corrected chi connectivity index (χ1v) is 6.78. The maximum atomic E-state index is 5.13. The molecule has 1 aromatic rings. The fourth-order valence-electron chi connectivity index (χ4n) is 1.86. The topological polar surface area (TPSA) is 39.1 Å². The zero-order valence-electron chi connectivity index (χ0n) is 12.2. The van der Waals surface area contributed by atoms with Crippen LogP contribution in [0, 0.1) is 5.41 Å². The fourth-order valence-corrected chi connectivity index (χ4v) is 1.86. The van der Waals surface area contributed by atoms with Crippen molar-refractivity contribution in [1.82, 2.24) is 15.1 Å². The van der Waals surface area contributed by atoms with Crippen LogP contribution in [0.4, 0.5) is 0 Å². The summed E-state index contributed by atoms with van der Waals surface area (Å²) in [6.45, 7) is 10.4. The van der Waals surface area contributed by atoms with Crippen molar-refractivity contribution in [2.24, 2.45) is 5.41 Å². The van der Waals surface area contributed by atoms with E-state index in [9.17, 15) is 0 Å². The first-order valence-electron chi connectivity index (χ1n) is 6.78. The number of nitrogens with zero attached hydrogens (tertiary/aromatic N) is 2. The first kappa shape index (κ1) is 15.2. The van der Waals surface area contributed by atoms with E-state index in [0.29, 0.717) is 0 Å². The van der Waals surface area contributed by atoms with Crippen molar-refractivity contribution in [3.8, 4) is 0 Å². The molecule has 0 aromatic carbocycles. The van der Waals surface area contributed by atoms with Gasteiger partial charge in [-0.25, -0.2) is 0 Å². The van der Waals surface area contributed by atoms with Crippen molar-refractivity contribution < 1.29 is 4.74 Å². The molecule has 0 spiro atoms. The number of aromatic nitrogens is 2. The van der Waals surface area contributed by atoms with Crippen molar-refractivity contribution >= 4 is 0 Å². The summed E-state index contributed by atoms with van der Waals surface area (Å²) in [5.41, 5.74) is 1.53. The molecule has 0 radical (unpaired) electrons. The molecule has 18 heavy (non-hydrogen) atoms. The second-order valence-electron chi connectivity index (χ2n) is 5.62. The van der Waals surface area contributed by atoms with Crippen molar-refractivity contribution in [2.75, 3.05) is 20.3 Å². The Bertz CT molecular complexity index is 334. The van der Waals surface area contributed by atoms with Crippen LogP contribution in [-0.4, -0.2) is 30.0 Å². The van der Waals surface area contributed by atoms with E-state index in [1.54, 1.807) is 7.11 Å². The van der Waals surface area contributed by atoms with E-state index in [1.165, 1.54) is 5.56 Å². The van der Waals surface area contributed by atoms with Crippen LogP contribution in [0.5, 0.6) is 0 Å². The van der Waals surface area contributed by atoms with E-state index >= 15 is 0 Å². The molecule has 1 rings (SSSR count). The van der Waals surface area contributed by atoms with Gasteiger partial charge in [0.2, 0.25) is 0 Å². The van der Waals surface area contributed by atoms with Crippen LogP contribution >= 0.6 is 0 Å². The zero-order valence-corrected chi connectivity index (χ0v) is 12.2. The predicted octanol–water partition coefficient (Wildman–Crippen LogP) is 2.45. The van der Waals surface area contributed by atoms with Crippen LogP contribution in [0.15, 0.2) is 12.4 Å². The molecule has 0 unspecified atom stereocenters. The van der Waals surface area contributed by atoms with Crippen LogP contribution in [0.25, 0.3) is 0 Å². The number of hydrogen-bond donors (Lipinski definition) is 1. The van der Waals surface area contributed by atoms with Crippen molar-refractivity contribution in [2.45, 2.75) is 46.7 Å². The molecule has 0 fully saturated rings. The summed E-state index contributed by atoms with van der Waals surface area (Å²) in [7, 11) is 1.76. The van der Waals surface area contributed by atoms with Gasteiger partial charge in [0, 0.05) is 45.1 Å². The van der Waals surface area contributed by atoms with Crippen LogP contribution in [0.3, 0.4) is 0 Å². The monoisotopic (exact) mass is 253 g/mol. The Morgan fingerprint density at radius 3 is 2.89 bits per heavy atom. The minimum atomic E-state index is 0.273. The lowest BCUT2D eigenvalue weighted by molar-refractivity contribution is 0.150. The van der Waals surface area contributed by atoms with Crippen molar-refractivity contribution in [3.63, 3.8) is 0 Å². The predicted molar refractivity (Wildman–Crippen MR) is 74.5 cm³/mol. The minimum absolute atomic E-state index is 0.273. The number of rotatable bonds is 9. The minimum Gasteiger partial charge on any atom is -0.385 e. The highest BCUT2D eigenvalue weighted by Crippen LogP contribution is 2.18. The fraction of sp³-hybridized carbons (Fsp3) is 0.786. The zero-order chi connectivity index (χ0) is 13.4. The molecule has 0 bridgehead atoms. The highest BCUT2D eigenvalue weighted by molar-refractivity contribution is 5.03. The highest BCUT2D eigenvalue weighted by atomic mass is 16.5. The molecule has 1 N–H and O–H groups in total. The lowest BCUT2D eigenvalue weighted by Crippen LogP contribution is -2.30. The number of ether oxygens (including phenoxy) is 1. The molecule has 4 heteroatoms.